The van der Waals surface area contributed by atoms with Crippen LogP contribution in [0.15, 0.2) is 24.3 Å². The number of nitrogens with one attached hydrogen (secondary N) is 2. The van der Waals surface area contributed by atoms with E-state index in [9.17, 15) is 18.0 Å². The summed E-state index contributed by atoms with van der Waals surface area (Å²) in [6, 6.07) is 5.12. The molecule has 0 aromatic heterocycles. The molecule has 0 saturated carbocycles. The molecule has 1 aromatic carbocycles. The van der Waals surface area contributed by atoms with Crippen molar-refractivity contribution in [2.75, 3.05) is 20.1 Å². The van der Waals surface area contributed by atoms with Crippen LogP contribution in [0.3, 0.4) is 0 Å². The van der Waals surface area contributed by atoms with E-state index in [4.69, 9.17) is 0 Å². The van der Waals surface area contributed by atoms with Gasteiger partial charge in [-0.15, -0.1) is 0 Å². The van der Waals surface area contributed by atoms with Crippen molar-refractivity contribution in [3.05, 3.63) is 35.4 Å². The molecular formula is C15H21F3N2O. The molecule has 0 spiro atoms. The summed E-state index contributed by atoms with van der Waals surface area (Å²) >= 11 is 0. The van der Waals surface area contributed by atoms with Gasteiger partial charge in [-0.3, -0.25) is 4.79 Å². The lowest BCUT2D eigenvalue weighted by molar-refractivity contribution is -0.137. The Labute approximate surface area is 122 Å². The van der Waals surface area contributed by atoms with E-state index >= 15 is 0 Å². The highest BCUT2D eigenvalue weighted by Crippen LogP contribution is 2.29. The minimum Gasteiger partial charge on any atom is -0.356 e. The Hall–Kier alpha value is -1.56. The Morgan fingerprint density at radius 1 is 1.29 bits per heavy atom. The molecule has 0 fully saturated rings. The van der Waals surface area contributed by atoms with Crippen LogP contribution < -0.4 is 10.6 Å². The van der Waals surface area contributed by atoms with Crippen LogP contribution >= 0.6 is 0 Å². The normalized spacial score (nSPS) is 13.0. The number of hydrogen-bond donors (Lipinski definition) is 2. The zero-order valence-electron chi connectivity index (χ0n) is 12.3. The third-order valence-corrected chi connectivity index (χ3v) is 3.15. The van der Waals surface area contributed by atoms with Crippen molar-refractivity contribution in [1.29, 1.82) is 0 Å². The minimum absolute atomic E-state index is 0.136. The molecular weight excluding hydrogens is 281 g/mol. The van der Waals surface area contributed by atoms with Gasteiger partial charge < -0.3 is 10.6 Å². The molecule has 3 nitrogen and oxygen atoms in total. The van der Waals surface area contributed by atoms with Crippen LogP contribution in [0.2, 0.25) is 0 Å². The highest BCUT2D eigenvalue weighted by Gasteiger charge is 2.30. The molecule has 0 bridgehead atoms. The summed E-state index contributed by atoms with van der Waals surface area (Å²) < 4.78 is 37.9. The molecule has 1 unspecified atom stereocenters. The molecule has 21 heavy (non-hydrogen) atoms. The summed E-state index contributed by atoms with van der Waals surface area (Å²) in [4.78, 5) is 11.8. The average molecular weight is 302 g/mol. The molecule has 1 rings (SSSR count). The van der Waals surface area contributed by atoms with Crippen LogP contribution in [-0.4, -0.2) is 26.0 Å². The minimum atomic E-state index is -4.35. The third-order valence-electron chi connectivity index (χ3n) is 3.15. The lowest BCUT2D eigenvalue weighted by atomic mass is 9.98. The van der Waals surface area contributed by atoms with Gasteiger partial charge >= 0.3 is 6.18 Å². The molecule has 118 valence electrons. The van der Waals surface area contributed by atoms with Gasteiger partial charge in [0.05, 0.1) is 5.56 Å². The average Bonchev–Trinajstić information content (AvgIpc) is 2.42. The Morgan fingerprint density at radius 3 is 2.62 bits per heavy atom. The first-order chi connectivity index (χ1) is 9.84. The summed E-state index contributed by atoms with van der Waals surface area (Å²) in [5, 5.41) is 5.75. The van der Waals surface area contributed by atoms with Crippen LogP contribution in [-0.2, 0) is 17.4 Å². The molecule has 6 heteroatoms. The molecule has 1 amide bonds. The van der Waals surface area contributed by atoms with Gasteiger partial charge in [-0.2, -0.15) is 13.2 Å². The van der Waals surface area contributed by atoms with E-state index in [0.29, 0.717) is 18.5 Å². The largest absolute Gasteiger partial charge is 0.416 e. The second kappa shape index (κ2) is 8.02. The van der Waals surface area contributed by atoms with Crippen molar-refractivity contribution >= 4 is 5.91 Å². The number of carbonyl (C=O) groups excluding carboxylic acids is 1. The smallest absolute Gasteiger partial charge is 0.356 e. The Morgan fingerprint density at radius 2 is 2.00 bits per heavy atom. The topological polar surface area (TPSA) is 41.1 Å². The van der Waals surface area contributed by atoms with Gasteiger partial charge in [-0.25, -0.2) is 0 Å². The van der Waals surface area contributed by atoms with E-state index in [1.807, 2.05) is 7.05 Å². The van der Waals surface area contributed by atoms with Crippen LogP contribution in [0, 0.1) is 5.92 Å². The molecule has 1 aromatic rings. The zero-order valence-corrected chi connectivity index (χ0v) is 12.3. The highest BCUT2D eigenvalue weighted by atomic mass is 19.4. The molecule has 0 aliphatic carbocycles. The van der Waals surface area contributed by atoms with Crippen LogP contribution in [0.1, 0.15) is 24.5 Å². The van der Waals surface area contributed by atoms with Crippen LogP contribution in [0.5, 0.6) is 0 Å². The lowest BCUT2D eigenvalue weighted by Gasteiger charge is -2.13. The van der Waals surface area contributed by atoms with Crippen molar-refractivity contribution in [1.82, 2.24) is 10.6 Å². The Kier molecular flexibility index (Phi) is 6.68. The molecule has 0 saturated heterocycles. The summed E-state index contributed by atoms with van der Waals surface area (Å²) in [6.07, 6.45) is -3.24. The van der Waals surface area contributed by atoms with Gasteiger partial charge in [0.2, 0.25) is 5.91 Å². The van der Waals surface area contributed by atoms with E-state index in [1.165, 1.54) is 6.07 Å². The summed E-state index contributed by atoms with van der Waals surface area (Å²) in [7, 11) is 1.83. The number of rotatable bonds is 7. The number of alkyl halides is 3. The quantitative estimate of drug-likeness (QED) is 0.760. The number of hydrogen-bond acceptors (Lipinski definition) is 2. The standard InChI is InChI=1S/C15H21F3N2O/c1-11(14(21)20-8-4-7-19-2)9-12-5-3-6-13(10-12)15(16,17)18/h3,5-6,10-11,19H,4,7-9H2,1-2H3,(H,20,21). The van der Waals surface area contributed by atoms with E-state index < -0.39 is 11.7 Å². The van der Waals surface area contributed by atoms with E-state index in [1.54, 1.807) is 13.0 Å². The second-order valence-electron chi connectivity index (χ2n) is 5.05. The number of benzene rings is 1. The number of halogens is 3. The van der Waals surface area contributed by atoms with Gasteiger partial charge in [-0.1, -0.05) is 25.1 Å². The van der Waals surface area contributed by atoms with Gasteiger partial charge in [0, 0.05) is 12.5 Å². The second-order valence-corrected chi connectivity index (χ2v) is 5.05. The first-order valence-electron chi connectivity index (χ1n) is 6.93. The van der Waals surface area contributed by atoms with E-state index in [-0.39, 0.29) is 11.8 Å². The molecule has 2 N–H and O–H groups in total. The molecule has 1 atom stereocenters. The Balaban J connectivity index is 2.54. The SMILES string of the molecule is CNCCCNC(=O)C(C)Cc1cccc(C(F)(F)F)c1. The van der Waals surface area contributed by atoms with E-state index in [0.717, 1.165) is 25.1 Å². The molecule has 0 radical (unpaired) electrons. The van der Waals surface area contributed by atoms with Crippen molar-refractivity contribution in [2.45, 2.75) is 25.9 Å². The Bertz CT molecular complexity index is 460. The fourth-order valence-electron chi connectivity index (χ4n) is 1.97. The molecule has 0 heterocycles. The molecule has 0 aliphatic heterocycles. The van der Waals surface area contributed by atoms with Crippen molar-refractivity contribution < 1.29 is 18.0 Å². The fraction of sp³-hybridized carbons (Fsp3) is 0.533. The highest BCUT2D eigenvalue weighted by molar-refractivity contribution is 5.78. The predicted molar refractivity (Wildman–Crippen MR) is 75.9 cm³/mol. The first-order valence-corrected chi connectivity index (χ1v) is 6.93. The summed E-state index contributed by atoms with van der Waals surface area (Å²) in [5.74, 6) is -0.494. The van der Waals surface area contributed by atoms with Crippen molar-refractivity contribution in [2.24, 2.45) is 5.92 Å². The van der Waals surface area contributed by atoms with Gasteiger partial charge in [-0.05, 0) is 38.1 Å². The summed E-state index contributed by atoms with van der Waals surface area (Å²) in [6.45, 7) is 3.09. The van der Waals surface area contributed by atoms with Gasteiger partial charge in [0.25, 0.3) is 0 Å². The van der Waals surface area contributed by atoms with Crippen molar-refractivity contribution in [3.8, 4) is 0 Å². The van der Waals surface area contributed by atoms with Gasteiger partial charge in [0.1, 0.15) is 0 Å². The van der Waals surface area contributed by atoms with Crippen LogP contribution in [0.25, 0.3) is 0 Å². The molecule has 0 aliphatic rings. The predicted octanol–water partition coefficient (Wildman–Crippen LogP) is 2.61. The third kappa shape index (κ3) is 6.16. The lowest BCUT2D eigenvalue weighted by Crippen LogP contribution is -2.32. The van der Waals surface area contributed by atoms with Crippen molar-refractivity contribution in [3.63, 3.8) is 0 Å². The summed E-state index contributed by atoms with van der Waals surface area (Å²) in [5.41, 5.74) is -0.163. The fourth-order valence-corrected chi connectivity index (χ4v) is 1.97. The monoisotopic (exact) mass is 302 g/mol. The number of carbonyl (C=O) groups is 1. The maximum Gasteiger partial charge on any atom is 0.416 e. The maximum absolute atomic E-state index is 12.6. The number of amides is 1. The van der Waals surface area contributed by atoms with E-state index in [2.05, 4.69) is 10.6 Å². The first kappa shape index (κ1) is 17.5. The maximum atomic E-state index is 12.6. The zero-order chi connectivity index (χ0) is 15.9. The van der Waals surface area contributed by atoms with Gasteiger partial charge in [0.15, 0.2) is 0 Å². The van der Waals surface area contributed by atoms with Crippen LogP contribution in [0.4, 0.5) is 13.2 Å².